The zero-order valence-corrected chi connectivity index (χ0v) is 14.8. The van der Waals surface area contributed by atoms with Gasteiger partial charge in [0.1, 0.15) is 6.61 Å². The summed E-state index contributed by atoms with van der Waals surface area (Å²) >= 11 is 0. The number of fused-ring (bicyclic) bond motifs is 1. The molecule has 136 valence electrons. The molecule has 0 saturated carbocycles. The fourth-order valence-electron chi connectivity index (χ4n) is 2.61. The topological polar surface area (TPSA) is 100 Å². The highest BCUT2D eigenvalue weighted by Gasteiger charge is 2.22. The van der Waals surface area contributed by atoms with E-state index in [9.17, 15) is 8.42 Å². The van der Waals surface area contributed by atoms with E-state index in [0.717, 1.165) is 0 Å². The number of anilines is 1. The number of hydrogen-bond acceptors (Lipinski definition) is 6. The van der Waals surface area contributed by atoms with E-state index in [1.165, 1.54) is 18.7 Å². The molecule has 0 saturated heterocycles. The van der Waals surface area contributed by atoms with Crippen molar-refractivity contribution < 1.29 is 17.9 Å². The summed E-state index contributed by atoms with van der Waals surface area (Å²) in [5.74, 6) is 1.40. The Hall–Kier alpha value is -3.01. The van der Waals surface area contributed by atoms with Gasteiger partial charge in [-0.2, -0.15) is 13.5 Å². The van der Waals surface area contributed by atoms with Crippen molar-refractivity contribution >= 4 is 15.7 Å². The Morgan fingerprint density at radius 2 is 2.08 bits per heavy atom. The second-order valence-corrected chi connectivity index (χ2v) is 7.56. The highest BCUT2D eigenvalue weighted by atomic mass is 32.2. The minimum atomic E-state index is -3.74. The number of hydrogen-bond donors (Lipinski definition) is 1. The number of nitrogens with one attached hydrogen (secondary N) is 1. The van der Waals surface area contributed by atoms with Gasteiger partial charge < -0.3 is 14.0 Å². The molecule has 1 N–H and O–H groups in total. The summed E-state index contributed by atoms with van der Waals surface area (Å²) in [6.45, 7) is 0.825. The lowest BCUT2D eigenvalue weighted by molar-refractivity contribution is 0.0759. The van der Waals surface area contributed by atoms with Gasteiger partial charge in [0, 0.05) is 19.4 Å². The van der Waals surface area contributed by atoms with Crippen LogP contribution in [0.1, 0.15) is 0 Å². The molecule has 26 heavy (non-hydrogen) atoms. The molecule has 1 aliphatic heterocycles. The van der Waals surface area contributed by atoms with E-state index in [4.69, 9.17) is 9.47 Å². The quantitative estimate of drug-likeness (QED) is 0.721. The average molecular weight is 375 g/mol. The Morgan fingerprint density at radius 3 is 2.85 bits per heavy atom. The van der Waals surface area contributed by atoms with Crippen molar-refractivity contribution in [3.8, 4) is 11.5 Å². The van der Waals surface area contributed by atoms with Gasteiger partial charge in [-0.25, -0.2) is 4.98 Å². The highest BCUT2D eigenvalue weighted by molar-refractivity contribution is 7.92. The molecule has 4 rings (SSSR count). The van der Waals surface area contributed by atoms with Gasteiger partial charge >= 0.3 is 0 Å². The van der Waals surface area contributed by atoms with Gasteiger partial charge in [-0.3, -0.25) is 9.40 Å². The minimum absolute atomic E-state index is 0.0478. The average Bonchev–Trinajstić information content (AvgIpc) is 3.24. The Kier molecular flexibility index (Phi) is 4.03. The van der Waals surface area contributed by atoms with E-state index in [2.05, 4.69) is 14.8 Å². The van der Waals surface area contributed by atoms with Crippen LogP contribution in [0, 0.1) is 0 Å². The van der Waals surface area contributed by atoms with Gasteiger partial charge in [-0.1, -0.05) is 12.1 Å². The van der Waals surface area contributed by atoms with Crippen molar-refractivity contribution in [2.45, 2.75) is 17.7 Å². The Labute approximate surface area is 150 Å². The molecule has 1 atom stereocenters. The summed E-state index contributed by atoms with van der Waals surface area (Å²) in [5, 5.41) is 4.13. The van der Waals surface area contributed by atoms with Crippen LogP contribution in [0.5, 0.6) is 11.5 Å². The number of ether oxygens (including phenoxy) is 2. The van der Waals surface area contributed by atoms with E-state index in [0.29, 0.717) is 30.3 Å². The molecule has 3 aromatic rings. The van der Waals surface area contributed by atoms with Crippen molar-refractivity contribution in [2.24, 2.45) is 7.05 Å². The molecule has 0 fully saturated rings. The van der Waals surface area contributed by atoms with Crippen molar-refractivity contribution in [2.75, 3.05) is 11.3 Å². The predicted molar refractivity (Wildman–Crippen MR) is 92.6 cm³/mol. The number of benzene rings is 1. The Morgan fingerprint density at radius 1 is 1.27 bits per heavy atom. The third-order valence-electron chi connectivity index (χ3n) is 3.80. The van der Waals surface area contributed by atoms with Crippen LogP contribution >= 0.6 is 0 Å². The van der Waals surface area contributed by atoms with Crippen LogP contribution in [0.3, 0.4) is 0 Å². The van der Waals surface area contributed by atoms with Crippen molar-refractivity contribution in [3.05, 3.63) is 49.2 Å². The maximum Gasteiger partial charge on any atom is 0.281 e. The number of nitrogens with zero attached hydrogens (tertiary/aromatic N) is 4. The summed E-state index contributed by atoms with van der Waals surface area (Å²) in [4.78, 5) is 3.85. The summed E-state index contributed by atoms with van der Waals surface area (Å²) in [6.07, 6.45) is 5.68. The lowest BCUT2D eigenvalue weighted by atomic mass is 10.2. The first-order valence-corrected chi connectivity index (χ1v) is 9.40. The summed E-state index contributed by atoms with van der Waals surface area (Å²) in [7, 11) is -2.04. The van der Waals surface area contributed by atoms with Crippen LogP contribution in [-0.2, 0) is 23.6 Å². The normalized spacial score (nSPS) is 16.4. The molecule has 0 aliphatic carbocycles. The minimum Gasteiger partial charge on any atom is -0.486 e. The van der Waals surface area contributed by atoms with Crippen LogP contribution in [0.2, 0.25) is 0 Å². The van der Waals surface area contributed by atoms with Gasteiger partial charge in [-0.15, -0.1) is 0 Å². The second kappa shape index (κ2) is 6.37. The first-order valence-electron chi connectivity index (χ1n) is 7.91. The van der Waals surface area contributed by atoms with Crippen LogP contribution < -0.4 is 14.2 Å². The number of rotatable bonds is 5. The van der Waals surface area contributed by atoms with Crippen LogP contribution in [0.25, 0.3) is 0 Å². The molecule has 3 heterocycles. The van der Waals surface area contributed by atoms with Gasteiger partial charge in [0.15, 0.2) is 22.6 Å². The van der Waals surface area contributed by atoms with Gasteiger partial charge in [0.25, 0.3) is 10.0 Å². The molecule has 0 spiro atoms. The van der Waals surface area contributed by atoms with E-state index in [1.807, 2.05) is 24.3 Å². The molecule has 1 aromatic carbocycles. The smallest absolute Gasteiger partial charge is 0.281 e. The van der Waals surface area contributed by atoms with Crippen molar-refractivity contribution in [1.82, 2.24) is 19.3 Å². The number of aryl methyl sites for hydroxylation is 1. The Balaban J connectivity index is 1.42. The third-order valence-corrected chi connectivity index (χ3v) is 5.07. The predicted octanol–water partition coefficient (Wildman–Crippen LogP) is 1.26. The number of sulfonamides is 1. The van der Waals surface area contributed by atoms with E-state index in [-0.39, 0.29) is 11.1 Å². The SMILES string of the molecule is Cn1cnc(S(=O)(=O)Nc2cnn(CC3COc4ccccc4O3)c2)c1. The lowest BCUT2D eigenvalue weighted by Crippen LogP contribution is -2.33. The second-order valence-electron chi connectivity index (χ2n) is 5.93. The molecule has 1 unspecified atom stereocenters. The molecule has 0 bridgehead atoms. The van der Waals surface area contributed by atoms with Crippen LogP contribution in [0.15, 0.2) is 54.2 Å². The van der Waals surface area contributed by atoms with E-state index >= 15 is 0 Å². The molecule has 0 amide bonds. The largest absolute Gasteiger partial charge is 0.486 e. The summed E-state index contributed by atoms with van der Waals surface area (Å²) in [6, 6.07) is 7.46. The molecular weight excluding hydrogens is 358 g/mol. The summed E-state index contributed by atoms with van der Waals surface area (Å²) in [5.41, 5.74) is 0.354. The van der Waals surface area contributed by atoms with Crippen molar-refractivity contribution in [1.29, 1.82) is 0 Å². The van der Waals surface area contributed by atoms with Gasteiger partial charge in [-0.05, 0) is 12.1 Å². The standard InChI is InChI=1S/C16H17N5O4S/c1-20-9-16(17-11-20)26(22,23)19-12-6-18-21(7-12)8-13-10-24-14-4-2-3-5-15(14)25-13/h2-7,9,11,13,19H,8,10H2,1H3. The van der Waals surface area contributed by atoms with Gasteiger partial charge in [0.2, 0.25) is 0 Å². The molecular formula is C16H17N5O4S. The fraction of sp³-hybridized carbons (Fsp3) is 0.250. The van der Waals surface area contributed by atoms with Gasteiger partial charge in [0.05, 0.1) is 24.8 Å². The maximum atomic E-state index is 12.3. The zero-order valence-electron chi connectivity index (χ0n) is 13.9. The number of imidazole rings is 1. The monoisotopic (exact) mass is 375 g/mol. The number of para-hydroxylation sites is 2. The molecule has 1 aliphatic rings. The van der Waals surface area contributed by atoms with E-state index < -0.39 is 10.0 Å². The zero-order chi connectivity index (χ0) is 18.1. The van der Waals surface area contributed by atoms with Crippen LogP contribution in [0.4, 0.5) is 5.69 Å². The third kappa shape index (κ3) is 3.36. The molecule has 10 heteroatoms. The first kappa shape index (κ1) is 16.5. The number of aromatic nitrogens is 4. The molecule has 0 radical (unpaired) electrons. The lowest BCUT2D eigenvalue weighted by Gasteiger charge is -2.26. The molecule has 9 nitrogen and oxygen atoms in total. The molecule has 2 aromatic heterocycles. The summed E-state index contributed by atoms with van der Waals surface area (Å²) < 4.78 is 41.8. The fourth-order valence-corrected chi connectivity index (χ4v) is 3.62. The Bertz CT molecular complexity index is 1030. The van der Waals surface area contributed by atoms with Crippen molar-refractivity contribution in [3.63, 3.8) is 0 Å². The van der Waals surface area contributed by atoms with Crippen LogP contribution in [-0.4, -0.2) is 40.5 Å². The van der Waals surface area contributed by atoms with E-state index in [1.54, 1.807) is 22.5 Å². The maximum absolute atomic E-state index is 12.3. The highest BCUT2D eigenvalue weighted by Crippen LogP contribution is 2.31. The first-order chi connectivity index (χ1) is 12.5.